The Morgan fingerprint density at radius 1 is 0.520 bits per heavy atom. The Labute approximate surface area is 317 Å². The van der Waals surface area contributed by atoms with Gasteiger partial charge in [-0.1, -0.05) is 0 Å². The molecule has 0 saturated heterocycles. The summed E-state index contributed by atoms with van der Waals surface area (Å²) in [4.78, 5) is 0. The van der Waals surface area contributed by atoms with Crippen LogP contribution in [0.25, 0.3) is 11.1 Å². The second-order valence-electron chi connectivity index (χ2n) is 19.0. The van der Waals surface area contributed by atoms with Crippen LogP contribution in [-0.2, 0) is 46.1 Å². The standard InChI is InChI=1S/C21H25.2C10H13.C5H5.CH2.2ClH.Hf/c1-20(2,3)16-9-7-14-11-15-8-10-17(21(4,5)6)13-19(15)18(14)12-16;2*1-10(2,3)9-7-5-4-6-8-9;1-2-4-5-3-1;;;;/h7,9-10,12-13H,11H2,1-6H3;2*5-8H,1-3H3;1-3H,4H2;1H2;2*1H;. The average Bonchev–Trinajstić information content (AvgIpc) is 3.68. The van der Waals surface area contributed by atoms with Crippen LogP contribution < -0.4 is 9.96 Å². The molecule has 0 atom stereocenters. The van der Waals surface area contributed by atoms with Crippen molar-refractivity contribution in [3.8, 4) is 11.1 Å². The summed E-state index contributed by atoms with van der Waals surface area (Å²) in [6.07, 6.45) is 9.02. The topological polar surface area (TPSA) is 0 Å². The number of benzene rings is 4. The molecule has 3 heteroatoms. The van der Waals surface area contributed by atoms with Crippen molar-refractivity contribution >= 4 is 39.0 Å². The first-order chi connectivity index (χ1) is 22.1. The van der Waals surface area contributed by atoms with Crippen molar-refractivity contribution in [3.05, 3.63) is 134 Å². The maximum absolute atomic E-state index is 5.81. The zero-order chi connectivity index (χ0) is 35.1. The Balaban J connectivity index is 0.00000281. The van der Waals surface area contributed by atoms with E-state index in [9.17, 15) is 0 Å². The summed E-state index contributed by atoms with van der Waals surface area (Å²) in [5.74, 6) is 0. The Hall–Kier alpha value is -2.32. The molecule has 266 valence electrons. The van der Waals surface area contributed by atoms with Gasteiger partial charge in [0.25, 0.3) is 0 Å². The van der Waals surface area contributed by atoms with Crippen LogP contribution in [0.5, 0.6) is 0 Å². The van der Waals surface area contributed by atoms with Gasteiger partial charge in [-0.15, -0.1) is 24.8 Å². The first-order valence-corrected chi connectivity index (χ1v) is 27.8. The summed E-state index contributed by atoms with van der Waals surface area (Å²) >= 11 is -5.05. The molecule has 2 aliphatic rings. The van der Waals surface area contributed by atoms with Gasteiger partial charge >= 0.3 is 295 Å². The van der Waals surface area contributed by atoms with Crippen molar-refractivity contribution in [3.63, 3.8) is 0 Å². The van der Waals surface area contributed by atoms with Gasteiger partial charge in [-0.3, -0.25) is 0 Å². The van der Waals surface area contributed by atoms with E-state index in [4.69, 9.17) is 4.26 Å². The van der Waals surface area contributed by atoms with Crippen LogP contribution in [0.3, 0.4) is 0 Å². The van der Waals surface area contributed by atoms with Crippen molar-refractivity contribution < 1.29 is 18.0 Å². The van der Waals surface area contributed by atoms with Crippen molar-refractivity contribution in [1.82, 2.24) is 0 Å². The fourth-order valence-corrected chi connectivity index (χ4v) is 30.7. The summed E-state index contributed by atoms with van der Waals surface area (Å²) in [5.41, 5.74) is 11.6. The molecule has 0 amide bonds. The van der Waals surface area contributed by atoms with E-state index in [1.54, 1.807) is 3.33 Å². The van der Waals surface area contributed by atoms with Gasteiger partial charge in [-0.2, -0.15) is 0 Å². The van der Waals surface area contributed by atoms with Crippen LogP contribution in [0.4, 0.5) is 0 Å². The third kappa shape index (κ3) is 6.58. The average molecular weight is 874 g/mol. The second kappa shape index (κ2) is 13.3. The number of halogens is 2. The molecule has 0 nitrogen and oxygen atoms in total. The number of fused-ring (bicyclic) bond motifs is 3. The minimum absolute atomic E-state index is 0. The van der Waals surface area contributed by atoms with E-state index in [2.05, 4.69) is 180 Å². The van der Waals surface area contributed by atoms with Gasteiger partial charge in [-0.05, 0) is 0 Å². The van der Waals surface area contributed by atoms with Gasteiger partial charge < -0.3 is 0 Å². The molecule has 2 aliphatic carbocycles. The van der Waals surface area contributed by atoms with Crippen molar-refractivity contribution in [2.45, 2.75) is 118 Å². The molecule has 0 aromatic heterocycles. The number of rotatable bonds is 4. The first-order valence-electron chi connectivity index (χ1n) is 18.1. The predicted octanol–water partition coefficient (Wildman–Crippen LogP) is 11.5. The van der Waals surface area contributed by atoms with Crippen molar-refractivity contribution in [2.24, 2.45) is 0 Å². The zero-order valence-corrected chi connectivity index (χ0v) is 37.9. The van der Waals surface area contributed by atoms with E-state index in [-0.39, 0.29) is 46.5 Å². The van der Waals surface area contributed by atoms with E-state index in [1.165, 1.54) is 54.5 Å². The maximum atomic E-state index is 5.81. The second-order valence-corrected chi connectivity index (χ2v) is 37.9. The molecule has 4 aromatic carbocycles. The summed E-state index contributed by atoms with van der Waals surface area (Å²) in [7, 11) is 0. The van der Waals surface area contributed by atoms with Crippen LogP contribution >= 0.6 is 24.8 Å². The normalized spacial score (nSPS) is 14.8. The Morgan fingerprint density at radius 3 is 1.38 bits per heavy atom. The van der Waals surface area contributed by atoms with E-state index in [1.807, 2.05) is 0 Å². The molecule has 0 aliphatic heterocycles. The van der Waals surface area contributed by atoms with Gasteiger partial charge in [0.05, 0.1) is 0 Å². The van der Waals surface area contributed by atoms with Crippen LogP contribution in [0, 0.1) is 0 Å². The van der Waals surface area contributed by atoms with Crippen LogP contribution in [0.1, 0.15) is 123 Å². The number of hydrogen-bond donors (Lipinski definition) is 0. The quantitative estimate of drug-likeness (QED) is 0.158. The van der Waals surface area contributed by atoms with Crippen LogP contribution in [-0.4, -0.2) is 4.26 Å². The molecular weight excluding hydrogens is 814 g/mol. The molecule has 4 aromatic rings. The van der Waals surface area contributed by atoms with Crippen molar-refractivity contribution in [1.29, 1.82) is 0 Å². The monoisotopic (exact) mass is 874 g/mol. The Kier molecular flexibility index (Phi) is 10.7. The van der Waals surface area contributed by atoms with Crippen LogP contribution in [0.2, 0.25) is 0 Å². The molecule has 0 heterocycles. The van der Waals surface area contributed by atoms with E-state index < -0.39 is 18.0 Å². The van der Waals surface area contributed by atoms with Gasteiger partial charge in [0.2, 0.25) is 0 Å². The molecule has 0 spiro atoms. The van der Waals surface area contributed by atoms with Gasteiger partial charge in [0.15, 0.2) is 0 Å². The SMILES string of the molecule is Cl.Cl.[CH2]=[Hf]([C]1=CC=CC1)([c]1ccc(C(C)(C)C)cc1)([c]1ccc(C(C)(C)C)cc1)[c]1cc(C(C)(C)C)cc2c1Cc1ccc(C(C)(C)C)cc1-2. The summed E-state index contributed by atoms with van der Waals surface area (Å²) in [6.45, 7) is 28.0. The van der Waals surface area contributed by atoms with E-state index in [0.717, 1.165) is 12.8 Å². The van der Waals surface area contributed by atoms with Gasteiger partial charge in [-0.25, -0.2) is 0 Å². The fraction of sp³-hybridized carbons (Fsp3) is 0.383. The molecule has 0 N–H and O–H groups in total. The summed E-state index contributed by atoms with van der Waals surface area (Å²) in [6, 6.07) is 32.0. The summed E-state index contributed by atoms with van der Waals surface area (Å²) in [5, 5.41) is 0. The first kappa shape index (κ1) is 40.5. The predicted molar refractivity (Wildman–Crippen MR) is 225 cm³/mol. The Bertz CT molecular complexity index is 1960. The van der Waals surface area contributed by atoms with E-state index in [0.29, 0.717) is 0 Å². The minimum atomic E-state index is -5.05. The third-order valence-corrected chi connectivity index (χ3v) is 35.4. The molecular formula is C47H60Cl2Hf. The number of hydrogen-bond acceptors (Lipinski definition) is 0. The van der Waals surface area contributed by atoms with Gasteiger partial charge in [0.1, 0.15) is 0 Å². The summed E-state index contributed by atoms with van der Waals surface area (Å²) < 4.78 is 11.8. The van der Waals surface area contributed by atoms with Crippen molar-refractivity contribution in [2.75, 3.05) is 0 Å². The fourth-order valence-electron chi connectivity index (χ4n) is 8.22. The van der Waals surface area contributed by atoms with Gasteiger partial charge in [0, 0.05) is 0 Å². The van der Waals surface area contributed by atoms with Crippen LogP contribution in [0.15, 0.2) is 100 Å². The Morgan fingerprint density at radius 2 is 0.960 bits per heavy atom. The molecule has 0 radical (unpaired) electrons. The van der Waals surface area contributed by atoms with E-state index >= 15 is 0 Å². The zero-order valence-electron chi connectivity index (χ0n) is 32.7. The molecule has 0 saturated carbocycles. The molecule has 6 rings (SSSR count). The molecule has 0 fully saturated rings. The molecule has 50 heavy (non-hydrogen) atoms. The third-order valence-electron chi connectivity index (χ3n) is 11.6. The molecule has 0 bridgehead atoms. The number of allylic oxidation sites excluding steroid dienone is 4. The molecule has 0 unspecified atom stereocenters.